The van der Waals surface area contributed by atoms with Crippen LogP contribution < -0.4 is 11.2 Å². The van der Waals surface area contributed by atoms with Crippen molar-refractivity contribution >= 4 is 34.2 Å². The molecule has 0 aliphatic carbocycles. The number of H-pyrrole nitrogens is 1. The zero-order valence-electron chi connectivity index (χ0n) is 17.2. The quantitative estimate of drug-likeness (QED) is 0.441. The number of fused-ring (bicyclic) bond motifs is 2. The van der Waals surface area contributed by atoms with Crippen molar-refractivity contribution < 1.29 is 4.42 Å². The van der Waals surface area contributed by atoms with Gasteiger partial charge in [-0.1, -0.05) is 34.8 Å². The van der Waals surface area contributed by atoms with Crippen LogP contribution in [-0.4, -0.2) is 21.4 Å². The Bertz CT molecular complexity index is 1460. The van der Waals surface area contributed by atoms with Crippen molar-refractivity contribution in [2.45, 2.75) is 26.4 Å². The second kappa shape index (κ2) is 8.20. The van der Waals surface area contributed by atoms with Crippen molar-refractivity contribution in [1.82, 2.24) is 14.9 Å². The first kappa shape index (κ1) is 20.9. The lowest BCUT2D eigenvalue weighted by atomic mass is 10.0. The SMILES string of the molecule is Cc1ccc2oc(=O)c(CN3CCc4nc(-c5ccc(Cl)cc5)[nH]c(=O)c4C3)c(Cl)c2c1. The molecule has 1 N–H and O–H groups in total. The van der Waals surface area contributed by atoms with E-state index < -0.39 is 5.63 Å². The lowest BCUT2D eigenvalue weighted by molar-refractivity contribution is 0.239. The summed E-state index contributed by atoms with van der Waals surface area (Å²) >= 11 is 12.5. The third-order valence-electron chi connectivity index (χ3n) is 5.73. The fourth-order valence-electron chi connectivity index (χ4n) is 4.04. The van der Waals surface area contributed by atoms with E-state index in [4.69, 9.17) is 27.6 Å². The van der Waals surface area contributed by atoms with Gasteiger partial charge in [0, 0.05) is 42.0 Å². The van der Waals surface area contributed by atoms with Gasteiger partial charge >= 0.3 is 5.63 Å². The van der Waals surface area contributed by atoms with Gasteiger partial charge in [-0.2, -0.15) is 0 Å². The smallest absolute Gasteiger partial charge is 0.342 e. The molecule has 2 aromatic heterocycles. The van der Waals surface area contributed by atoms with E-state index in [-0.39, 0.29) is 5.56 Å². The molecule has 0 saturated heterocycles. The lowest BCUT2D eigenvalue weighted by Crippen LogP contribution is -2.36. The summed E-state index contributed by atoms with van der Waals surface area (Å²) in [6, 6.07) is 12.7. The number of benzene rings is 2. The van der Waals surface area contributed by atoms with Gasteiger partial charge in [0.15, 0.2) is 0 Å². The highest BCUT2D eigenvalue weighted by Gasteiger charge is 2.24. The van der Waals surface area contributed by atoms with Crippen LogP contribution in [-0.2, 0) is 19.5 Å². The van der Waals surface area contributed by atoms with Crippen LogP contribution in [0.5, 0.6) is 0 Å². The molecule has 4 aromatic rings. The summed E-state index contributed by atoms with van der Waals surface area (Å²) in [5, 5.41) is 1.73. The number of aromatic amines is 1. The normalized spacial score (nSPS) is 14.0. The summed E-state index contributed by atoms with van der Waals surface area (Å²) < 4.78 is 5.48. The van der Waals surface area contributed by atoms with E-state index >= 15 is 0 Å². The second-order valence-corrected chi connectivity index (χ2v) is 8.80. The second-order valence-electron chi connectivity index (χ2n) is 7.99. The molecule has 1 aliphatic heterocycles. The zero-order valence-corrected chi connectivity index (χ0v) is 18.8. The van der Waals surface area contributed by atoms with E-state index in [1.807, 2.05) is 36.1 Å². The van der Waals surface area contributed by atoms with Crippen LogP contribution in [0, 0.1) is 6.92 Å². The monoisotopic (exact) mass is 467 g/mol. The maximum Gasteiger partial charge on any atom is 0.342 e. The lowest BCUT2D eigenvalue weighted by Gasteiger charge is -2.27. The molecular weight excluding hydrogens is 449 g/mol. The first-order chi connectivity index (χ1) is 15.4. The summed E-state index contributed by atoms with van der Waals surface area (Å²) in [5.74, 6) is 0.521. The van der Waals surface area contributed by atoms with Crippen molar-refractivity contribution in [3.8, 4) is 11.4 Å². The molecule has 0 radical (unpaired) electrons. The average Bonchev–Trinajstić information content (AvgIpc) is 2.78. The number of nitrogens with zero attached hydrogens (tertiary/aromatic N) is 2. The van der Waals surface area contributed by atoms with Gasteiger partial charge in [0.25, 0.3) is 5.56 Å². The van der Waals surface area contributed by atoms with Crippen LogP contribution in [0.2, 0.25) is 10.0 Å². The van der Waals surface area contributed by atoms with Crippen molar-refractivity contribution in [2.75, 3.05) is 6.54 Å². The van der Waals surface area contributed by atoms with Crippen LogP contribution in [0.4, 0.5) is 0 Å². The van der Waals surface area contributed by atoms with Gasteiger partial charge in [0.05, 0.1) is 21.8 Å². The zero-order chi connectivity index (χ0) is 22.4. The molecule has 0 saturated carbocycles. The van der Waals surface area contributed by atoms with Gasteiger partial charge in [0.2, 0.25) is 0 Å². The van der Waals surface area contributed by atoms with Crippen LogP contribution in [0.25, 0.3) is 22.4 Å². The molecule has 0 bridgehead atoms. The number of aromatic nitrogens is 2. The molecule has 162 valence electrons. The topological polar surface area (TPSA) is 79.2 Å². The third-order valence-corrected chi connectivity index (χ3v) is 6.42. The van der Waals surface area contributed by atoms with Crippen LogP contribution in [0.3, 0.4) is 0 Å². The minimum absolute atomic E-state index is 0.183. The molecule has 8 heteroatoms. The fraction of sp³-hybridized carbons (Fsp3) is 0.208. The highest BCUT2D eigenvalue weighted by atomic mass is 35.5. The molecule has 0 amide bonds. The number of halogens is 2. The molecule has 6 nitrogen and oxygen atoms in total. The number of nitrogens with one attached hydrogen (secondary N) is 1. The number of hydrogen-bond donors (Lipinski definition) is 1. The summed E-state index contributed by atoms with van der Waals surface area (Å²) in [4.78, 5) is 34.9. The van der Waals surface area contributed by atoms with E-state index in [1.165, 1.54) is 0 Å². The minimum Gasteiger partial charge on any atom is -0.422 e. The predicted octanol–water partition coefficient (Wildman–Crippen LogP) is 4.72. The Morgan fingerprint density at radius 1 is 1.12 bits per heavy atom. The standard InChI is InChI=1S/C24H19Cl2N3O3/c1-13-2-7-20-16(10-13)21(26)18(24(31)32-20)12-29-9-8-19-17(11-29)23(30)28-22(27-19)14-3-5-15(25)6-4-14/h2-7,10H,8-9,11-12H2,1H3,(H,27,28,30). The summed E-state index contributed by atoms with van der Waals surface area (Å²) in [6.07, 6.45) is 0.593. The van der Waals surface area contributed by atoms with Gasteiger partial charge in [-0.25, -0.2) is 9.78 Å². The molecule has 3 heterocycles. The molecule has 1 aliphatic rings. The fourth-order valence-corrected chi connectivity index (χ4v) is 4.45. The van der Waals surface area contributed by atoms with Crippen LogP contribution in [0.1, 0.15) is 22.4 Å². The average molecular weight is 468 g/mol. The van der Waals surface area contributed by atoms with Crippen LogP contribution >= 0.6 is 23.2 Å². The Kier molecular flexibility index (Phi) is 5.37. The molecule has 0 fully saturated rings. The summed E-state index contributed by atoms with van der Waals surface area (Å²) in [5.41, 5.74) is 3.42. The Morgan fingerprint density at radius 3 is 2.69 bits per heavy atom. The van der Waals surface area contributed by atoms with Gasteiger partial charge in [-0.15, -0.1) is 0 Å². The predicted molar refractivity (Wildman–Crippen MR) is 125 cm³/mol. The minimum atomic E-state index is -0.456. The highest BCUT2D eigenvalue weighted by Crippen LogP contribution is 2.28. The van der Waals surface area contributed by atoms with Crippen molar-refractivity contribution in [3.63, 3.8) is 0 Å². The molecule has 0 unspecified atom stereocenters. The Hall–Kier alpha value is -2.93. The third kappa shape index (κ3) is 3.86. The first-order valence-corrected chi connectivity index (χ1v) is 11.0. The Morgan fingerprint density at radius 2 is 1.91 bits per heavy atom. The molecule has 0 atom stereocenters. The van der Waals surface area contributed by atoms with Crippen molar-refractivity contribution in [1.29, 1.82) is 0 Å². The van der Waals surface area contributed by atoms with E-state index in [0.29, 0.717) is 64.0 Å². The number of aryl methyl sites for hydroxylation is 1. The molecular formula is C24H19Cl2N3O3. The molecule has 5 rings (SSSR count). The van der Waals surface area contributed by atoms with E-state index in [9.17, 15) is 9.59 Å². The molecule has 32 heavy (non-hydrogen) atoms. The Balaban J connectivity index is 1.45. The number of hydrogen-bond acceptors (Lipinski definition) is 5. The number of rotatable bonds is 3. The summed E-state index contributed by atoms with van der Waals surface area (Å²) in [6.45, 7) is 3.27. The first-order valence-electron chi connectivity index (χ1n) is 10.2. The van der Waals surface area contributed by atoms with Crippen molar-refractivity contribution in [3.05, 3.63) is 95.7 Å². The van der Waals surface area contributed by atoms with Gasteiger partial charge in [0.1, 0.15) is 11.4 Å². The molecule has 2 aromatic carbocycles. The maximum absolute atomic E-state index is 12.8. The highest BCUT2D eigenvalue weighted by molar-refractivity contribution is 6.36. The maximum atomic E-state index is 12.8. The van der Waals surface area contributed by atoms with E-state index in [2.05, 4.69) is 9.97 Å². The van der Waals surface area contributed by atoms with E-state index in [1.54, 1.807) is 18.2 Å². The summed E-state index contributed by atoms with van der Waals surface area (Å²) in [7, 11) is 0. The Labute approximate surface area is 193 Å². The van der Waals surface area contributed by atoms with Gasteiger partial charge in [-0.3, -0.25) is 9.69 Å². The van der Waals surface area contributed by atoms with E-state index in [0.717, 1.165) is 16.8 Å². The molecule has 0 spiro atoms. The van der Waals surface area contributed by atoms with Crippen molar-refractivity contribution in [2.24, 2.45) is 0 Å². The van der Waals surface area contributed by atoms with Crippen LogP contribution in [0.15, 0.2) is 56.5 Å². The van der Waals surface area contributed by atoms with Gasteiger partial charge < -0.3 is 9.40 Å². The largest absolute Gasteiger partial charge is 0.422 e. The van der Waals surface area contributed by atoms with Gasteiger partial charge in [-0.05, 0) is 43.3 Å².